The zero-order chi connectivity index (χ0) is 11.5. The van der Waals surface area contributed by atoms with Crippen molar-refractivity contribution in [2.45, 2.75) is 26.2 Å². The first-order chi connectivity index (χ1) is 7.00. The second-order valence-corrected chi connectivity index (χ2v) is 4.51. The highest BCUT2D eigenvalue weighted by atomic mass is 15.2. The van der Waals surface area contributed by atoms with E-state index >= 15 is 0 Å². The van der Waals surface area contributed by atoms with Crippen molar-refractivity contribution in [1.29, 1.82) is 0 Å². The Kier molecular flexibility index (Phi) is 3.48. The zero-order valence-corrected chi connectivity index (χ0v) is 9.83. The SMILES string of the molecule is CN=C(NN)c1ccccc1C(C)(C)C. The van der Waals surface area contributed by atoms with Gasteiger partial charge in [-0.15, -0.1) is 0 Å². The maximum Gasteiger partial charge on any atom is 0.142 e. The van der Waals surface area contributed by atoms with Crippen LogP contribution in [0.15, 0.2) is 29.3 Å². The van der Waals surface area contributed by atoms with Crippen LogP contribution in [-0.4, -0.2) is 12.9 Å². The summed E-state index contributed by atoms with van der Waals surface area (Å²) in [4.78, 5) is 4.13. The fourth-order valence-corrected chi connectivity index (χ4v) is 1.61. The fraction of sp³-hybridized carbons (Fsp3) is 0.417. The Morgan fingerprint density at radius 2 is 1.87 bits per heavy atom. The lowest BCUT2D eigenvalue weighted by molar-refractivity contribution is 0.588. The third-order valence-corrected chi connectivity index (χ3v) is 2.35. The monoisotopic (exact) mass is 205 g/mol. The predicted molar refractivity (Wildman–Crippen MR) is 64.9 cm³/mol. The molecule has 0 amide bonds. The van der Waals surface area contributed by atoms with E-state index in [1.807, 2.05) is 18.2 Å². The second-order valence-electron chi connectivity index (χ2n) is 4.51. The Hall–Kier alpha value is -1.35. The van der Waals surface area contributed by atoms with Crippen LogP contribution in [-0.2, 0) is 5.41 Å². The molecule has 3 nitrogen and oxygen atoms in total. The smallest absolute Gasteiger partial charge is 0.142 e. The summed E-state index contributed by atoms with van der Waals surface area (Å²) in [5.74, 6) is 6.17. The molecule has 82 valence electrons. The lowest BCUT2D eigenvalue weighted by atomic mass is 9.83. The molecule has 0 unspecified atom stereocenters. The minimum Gasteiger partial charge on any atom is -0.308 e. The molecule has 0 aliphatic heterocycles. The Labute approximate surface area is 91.4 Å². The first kappa shape index (κ1) is 11.7. The summed E-state index contributed by atoms with van der Waals surface area (Å²) in [5, 5.41) is 0. The van der Waals surface area contributed by atoms with Gasteiger partial charge >= 0.3 is 0 Å². The number of aliphatic imine (C=N–C) groups is 1. The van der Waals surface area contributed by atoms with Crippen LogP contribution < -0.4 is 11.3 Å². The molecule has 0 saturated heterocycles. The molecule has 0 atom stereocenters. The van der Waals surface area contributed by atoms with Crippen LogP contribution >= 0.6 is 0 Å². The van der Waals surface area contributed by atoms with E-state index in [4.69, 9.17) is 5.84 Å². The van der Waals surface area contributed by atoms with Crippen molar-refractivity contribution in [3.05, 3.63) is 35.4 Å². The Morgan fingerprint density at radius 3 is 2.33 bits per heavy atom. The van der Waals surface area contributed by atoms with Gasteiger partial charge < -0.3 is 5.43 Å². The molecule has 0 fully saturated rings. The number of nitrogens with one attached hydrogen (secondary N) is 1. The molecular weight excluding hydrogens is 186 g/mol. The van der Waals surface area contributed by atoms with Crippen molar-refractivity contribution in [2.75, 3.05) is 7.05 Å². The van der Waals surface area contributed by atoms with Gasteiger partial charge in [0.15, 0.2) is 0 Å². The molecule has 0 bridgehead atoms. The highest BCUT2D eigenvalue weighted by molar-refractivity contribution is 5.99. The van der Waals surface area contributed by atoms with Gasteiger partial charge in [0.1, 0.15) is 5.84 Å². The summed E-state index contributed by atoms with van der Waals surface area (Å²) < 4.78 is 0. The van der Waals surface area contributed by atoms with E-state index in [9.17, 15) is 0 Å². The van der Waals surface area contributed by atoms with Crippen LogP contribution in [0.5, 0.6) is 0 Å². The summed E-state index contributed by atoms with van der Waals surface area (Å²) in [5.41, 5.74) is 5.02. The van der Waals surface area contributed by atoms with Crippen LogP contribution in [0.2, 0.25) is 0 Å². The second kappa shape index (κ2) is 4.45. The highest BCUT2D eigenvalue weighted by Crippen LogP contribution is 2.25. The summed E-state index contributed by atoms with van der Waals surface area (Å²) in [6, 6.07) is 8.17. The average Bonchev–Trinajstić information content (AvgIpc) is 2.19. The molecular formula is C12H19N3. The number of hydrogen-bond donors (Lipinski definition) is 2. The Balaban J connectivity index is 3.30. The van der Waals surface area contributed by atoms with Crippen LogP contribution in [0.4, 0.5) is 0 Å². The minimum absolute atomic E-state index is 0.0867. The van der Waals surface area contributed by atoms with Crippen LogP contribution in [0.1, 0.15) is 31.9 Å². The van der Waals surface area contributed by atoms with E-state index in [0.29, 0.717) is 0 Å². The molecule has 1 rings (SSSR count). The summed E-state index contributed by atoms with van der Waals surface area (Å²) >= 11 is 0. The predicted octanol–water partition coefficient (Wildman–Crippen LogP) is 1.82. The van der Waals surface area contributed by atoms with E-state index in [1.165, 1.54) is 5.56 Å². The van der Waals surface area contributed by atoms with E-state index < -0.39 is 0 Å². The van der Waals surface area contributed by atoms with Gasteiger partial charge in [-0.1, -0.05) is 45.0 Å². The molecule has 0 aliphatic carbocycles. The molecule has 0 saturated carbocycles. The van der Waals surface area contributed by atoms with Crippen molar-refractivity contribution in [2.24, 2.45) is 10.8 Å². The van der Waals surface area contributed by atoms with Gasteiger partial charge in [-0.05, 0) is 11.0 Å². The number of benzene rings is 1. The lowest BCUT2D eigenvalue weighted by Gasteiger charge is -2.23. The normalized spacial score (nSPS) is 12.7. The molecule has 0 heterocycles. The van der Waals surface area contributed by atoms with Crippen LogP contribution in [0.3, 0.4) is 0 Å². The molecule has 0 aliphatic rings. The van der Waals surface area contributed by atoms with Gasteiger partial charge in [0.2, 0.25) is 0 Å². The van der Waals surface area contributed by atoms with Gasteiger partial charge in [0.25, 0.3) is 0 Å². The van der Waals surface area contributed by atoms with Crippen molar-refractivity contribution in [3.63, 3.8) is 0 Å². The molecule has 3 N–H and O–H groups in total. The molecule has 0 spiro atoms. The van der Waals surface area contributed by atoms with Gasteiger partial charge in [0.05, 0.1) is 0 Å². The third-order valence-electron chi connectivity index (χ3n) is 2.35. The van der Waals surface area contributed by atoms with Gasteiger partial charge in [-0.25, -0.2) is 5.84 Å². The molecule has 15 heavy (non-hydrogen) atoms. The van der Waals surface area contributed by atoms with Crippen LogP contribution in [0, 0.1) is 0 Å². The molecule has 1 aromatic carbocycles. The summed E-state index contributed by atoms with van der Waals surface area (Å²) in [6.45, 7) is 6.53. The Morgan fingerprint density at radius 1 is 1.27 bits per heavy atom. The van der Waals surface area contributed by atoms with E-state index in [1.54, 1.807) is 7.05 Å². The molecule has 0 aromatic heterocycles. The van der Waals surface area contributed by atoms with Crippen molar-refractivity contribution >= 4 is 5.84 Å². The topological polar surface area (TPSA) is 50.4 Å². The number of amidine groups is 1. The number of hydrazine groups is 1. The van der Waals surface area contributed by atoms with Gasteiger partial charge in [-0.3, -0.25) is 4.99 Å². The maximum atomic E-state index is 5.45. The number of nitrogens with zero attached hydrogens (tertiary/aromatic N) is 1. The minimum atomic E-state index is 0.0867. The van der Waals surface area contributed by atoms with Crippen LogP contribution in [0.25, 0.3) is 0 Å². The highest BCUT2D eigenvalue weighted by Gasteiger charge is 2.19. The molecule has 1 aromatic rings. The van der Waals surface area contributed by atoms with E-state index in [2.05, 4.69) is 37.3 Å². The first-order valence-corrected chi connectivity index (χ1v) is 5.04. The summed E-state index contributed by atoms with van der Waals surface area (Å²) in [7, 11) is 1.73. The molecule has 0 radical (unpaired) electrons. The summed E-state index contributed by atoms with van der Waals surface area (Å²) in [6.07, 6.45) is 0. The quantitative estimate of drug-likeness (QED) is 0.318. The zero-order valence-electron chi connectivity index (χ0n) is 9.83. The third kappa shape index (κ3) is 2.57. The Bertz CT molecular complexity index is 361. The van der Waals surface area contributed by atoms with E-state index in [0.717, 1.165) is 11.4 Å². The maximum absolute atomic E-state index is 5.45. The van der Waals surface area contributed by atoms with Gasteiger partial charge in [-0.2, -0.15) is 0 Å². The fourth-order valence-electron chi connectivity index (χ4n) is 1.61. The van der Waals surface area contributed by atoms with E-state index in [-0.39, 0.29) is 5.41 Å². The van der Waals surface area contributed by atoms with Crippen molar-refractivity contribution in [3.8, 4) is 0 Å². The largest absolute Gasteiger partial charge is 0.308 e. The number of rotatable bonds is 1. The van der Waals surface area contributed by atoms with Gasteiger partial charge in [0, 0.05) is 12.6 Å². The average molecular weight is 205 g/mol. The number of hydrogen-bond acceptors (Lipinski definition) is 2. The first-order valence-electron chi connectivity index (χ1n) is 5.04. The van der Waals surface area contributed by atoms with Crippen molar-refractivity contribution in [1.82, 2.24) is 5.43 Å². The molecule has 3 heteroatoms. The standard InChI is InChI=1S/C12H19N3/c1-12(2,3)10-8-6-5-7-9(10)11(14-4)15-13/h5-8H,13H2,1-4H3,(H,14,15). The number of nitrogens with two attached hydrogens (primary N) is 1. The van der Waals surface area contributed by atoms with Crippen molar-refractivity contribution < 1.29 is 0 Å². The lowest BCUT2D eigenvalue weighted by Crippen LogP contribution is -2.33.